The van der Waals surface area contributed by atoms with Crippen LogP contribution in [0.2, 0.25) is 0 Å². The summed E-state index contributed by atoms with van der Waals surface area (Å²) < 4.78 is 36.1. The van der Waals surface area contributed by atoms with Crippen LogP contribution in [0.1, 0.15) is 28.2 Å². The third-order valence-electron chi connectivity index (χ3n) is 4.29. The molecular weight excluding hydrogens is 310 g/mol. The number of carbonyl (C=O) groups is 1. The van der Waals surface area contributed by atoms with Crippen LogP contribution in [0.5, 0.6) is 0 Å². The lowest BCUT2D eigenvalue weighted by molar-refractivity contribution is -0.0194. The molecule has 0 bridgehead atoms. The molecule has 9 heteroatoms. The number of hydrogen-bond donors (Lipinski definition) is 2. The van der Waals surface area contributed by atoms with Gasteiger partial charge < -0.3 is 14.6 Å². The first kappa shape index (κ1) is 15.4. The van der Waals surface area contributed by atoms with Gasteiger partial charge in [0, 0.05) is 12.5 Å². The maximum absolute atomic E-state index is 12.4. The highest BCUT2D eigenvalue weighted by atomic mass is 32.2. The fourth-order valence-electron chi connectivity index (χ4n) is 3.32. The molecule has 0 unspecified atom stereocenters. The number of carbonyl (C=O) groups excluding carboxylic acids is 1. The molecule has 2 heterocycles. The summed E-state index contributed by atoms with van der Waals surface area (Å²) in [6.45, 7) is 3.94. The van der Waals surface area contributed by atoms with E-state index in [-0.39, 0.29) is 24.0 Å². The van der Waals surface area contributed by atoms with Crippen LogP contribution >= 0.6 is 0 Å². The second-order valence-corrected chi connectivity index (χ2v) is 7.68. The van der Waals surface area contributed by atoms with Crippen molar-refractivity contribution in [3.63, 3.8) is 0 Å². The number of rotatable bonds is 4. The van der Waals surface area contributed by atoms with E-state index in [9.17, 15) is 13.2 Å². The number of aromatic nitrogens is 1. The van der Waals surface area contributed by atoms with Gasteiger partial charge in [-0.15, -0.1) is 0 Å². The van der Waals surface area contributed by atoms with Crippen molar-refractivity contribution >= 4 is 15.9 Å². The number of aryl methyl sites for hydroxylation is 2. The Morgan fingerprint density at radius 1 is 1.32 bits per heavy atom. The van der Waals surface area contributed by atoms with Gasteiger partial charge in [-0.1, -0.05) is 5.16 Å². The SMILES string of the molecule is Cc1noc(C)c1C(=O)N[C@H]1[C@H]2CCO[C@H]2[C@@H]1NS(C)(=O)=O. The number of fused-ring (bicyclic) bond motifs is 1. The molecule has 0 aromatic carbocycles. The monoisotopic (exact) mass is 329 g/mol. The summed E-state index contributed by atoms with van der Waals surface area (Å²) >= 11 is 0. The van der Waals surface area contributed by atoms with Crippen molar-refractivity contribution in [2.45, 2.75) is 38.5 Å². The highest BCUT2D eigenvalue weighted by Gasteiger charge is 2.55. The van der Waals surface area contributed by atoms with E-state index >= 15 is 0 Å². The molecule has 1 aliphatic carbocycles. The summed E-state index contributed by atoms with van der Waals surface area (Å²) in [5, 5.41) is 6.66. The largest absolute Gasteiger partial charge is 0.376 e. The summed E-state index contributed by atoms with van der Waals surface area (Å²) in [6, 6.07) is -0.727. The zero-order valence-corrected chi connectivity index (χ0v) is 13.4. The van der Waals surface area contributed by atoms with Crippen molar-refractivity contribution in [1.29, 1.82) is 0 Å². The lowest BCUT2D eigenvalue weighted by Gasteiger charge is -2.47. The van der Waals surface area contributed by atoms with E-state index in [1.807, 2.05) is 0 Å². The zero-order chi connectivity index (χ0) is 16.1. The molecule has 2 N–H and O–H groups in total. The smallest absolute Gasteiger partial charge is 0.257 e. The maximum atomic E-state index is 12.4. The normalized spacial score (nSPS) is 30.7. The molecule has 0 spiro atoms. The number of nitrogens with one attached hydrogen (secondary N) is 2. The topological polar surface area (TPSA) is 111 Å². The Labute approximate surface area is 128 Å². The van der Waals surface area contributed by atoms with Gasteiger partial charge in [-0.05, 0) is 20.3 Å². The molecule has 3 rings (SSSR count). The van der Waals surface area contributed by atoms with Gasteiger partial charge >= 0.3 is 0 Å². The van der Waals surface area contributed by atoms with Gasteiger partial charge in [0.25, 0.3) is 5.91 Å². The molecule has 1 aromatic heterocycles. The standard InChI is InChI=1S/C13H19N3O5S/c1-6-9(7(2)21-15-6)13(17)14-10-8-4-5-20-12(8)11(10)16-22(3,18)19/h8,10-12,16H,4-5H2,1-3H3,(H,14,17)/t8-,10+,11-,12-/m1/s1. The maximum Gasteiger partial charge on any atom is 0.257 e. The first-order valence-electron chi connectivity index (χ1n) is 7.10. The van der Waals surface area contributed by atoms with Crippen LogP contribution in [0.25, 0.3) is 0 Å². The van der Waals surface area contributed by atoms with Crippen molar-refractivity contribution in [2.24, 2.45) is 5.92 Å². The fourth-order valence-corrected chi connectivity index (χ4v) is 4.10. The van der Waals surface area contributed by atoms with E-state index in [0.29, 0.717) is 23.6 Å². The zero-order valence-electron chi connectivity index (χ0n) is 12.6. The Bertz CT molecular complexity index is 679. The average molecular weight is 329 g/mol. The minimum Gasteiger partial charge on any atom is -0.376 e. The highest BCUT2D eigenvalue weighted by molar-refractivity contribution is 7.88. The number of nitrogens with zero attached hydrogens (tertiary/aromatic N) is 1. The van der Waals surface area contributed by atoms with Gasteiger partial charge in [0.05, 0.1) is 30.1 Å². The molecule has 2 aliphatic rings. The minimum atomic E-state index is -3.37. The van der Waals surface area contributed by atoms with Crippen LogP contribution in [0, 0.1) is 19.8 Å². The lowest BCUT2D eigenvalue weighted by atomic mass is 9.72. The van der Waals surface area contributed by atoms with Crippen molar-refractivity contribution in [3.05, 3.63) is 17.0 Å². The van der Waals surface area contributed by atoms with Crippen molar-refractivity contribution in [3.8, 4) is 0 Å². The molecule has 0 radical (unpaired) electrons. The van der Waals surface area contributed by atoms with Crippen molar-refractivity contribution in [2.75, 3.05) is 12.9 Å². The van der Waals surface area contributed by atoms with Crippen LogP contribution in [-0.2, 0) is 14.8 Å². The number of sulfonamides is 1. The number of hydrogen-bond acceptors (Lipinski definition) is 6. The summed E-state index contributed by atoms with van der Waals surface area (Å²) in [4.78, 5) is 12.4. The van der Waals surface area contributed by atoms with E-state index in [2.05, 4.69) is 15.2 Å². The van der Waals surface area contributed by atoms with E-state index in [1.165, 1.54) is 0 Å². The summed E-state index contributed by atoms with van der Waals surface area (Å²) in [5.41, 5.74) is 0.918. The van der Waals surface area contributed by atoms with Gasteiger partial charge in [-0.3, -0.25) is 4.79 Å². The Kier molecular flexibility index (Phi) is 3.74. The average Bonchev–Trinajstić information content (AvgIpc) is 2.97. The molecule has 22 heavy (non-hydrogen) atoms. The van der Waals surface area contributed by atoms with E-state index in [4.69, 9.17) is 9.26 Å². The Balaban J connectivity index is 1.76. The first-order valence-corrected chi connectivity index (χ1v) is 8.99. The summed E-state index contributed by atoms with van der Waals surface area (Å²) in [6.07, 6.45) is 1.73. The quantitative estimate of drug-likeness (QED) is 0.786. The number of amides is 1. The molecular formula is C13H19N3O5S. The lowest BCUT2D eigenvalue weighted by Crippen LogP contribution is -2.70. The Morgan fingerprint density at radius 3 is 2.64 bits per heavy atom. The van der Waals surface area contributed by atoms with Crippen LogP contribution < -0.4 is 10.0 Å². The molecule has 1 aromatic rings. The van der Waals surface area contributed by atoms with E-state index in [1.54, 1.807) is 13.8 Å². The molecule has 1 saturated carbocycles. The van der Waals surface area contributed by atoms with E-state index < -0.39 is 16.1 Å². The first-order chi connectivity index (χ1) is 10.3. The molecule has 1 amide bonds. The Morgan fingerprint density at radius 2 is 2.05 bits per heavy atom. The second-order valence-electron chi connectivity index (χ2n) is 5.90. The van der Waals surface area contributed by atoms with Gasteiger partial charge in [-0.2, -0.15) is 0 Å². The molecule has 1 saturated heterocycles. The minimum absolute atomic E-state index is 0.128. The predicted octanol–water partition coefficient (Wildman–Crippen LogP) is -0.274. The van der Waals surface area contributed by atoms with Crippen molar-refractivity contribution < 1.29 is 22.5 Å². The van der Waals surface area contributed by atoms with Gasteiger partial charge in [0.2, 0.25) is 10.0 Å². The van der Waals surface area contributed by atoms with Crippen LogP contribution in [0.3, 0.4) is 0 Å². The third-order valence-corrected chi connectivity index (χ3v) is 4.99. The van der Waals surface area contributed by atoms with Crippen LogP contribution in [0.4, 0.5) is 0 Å². The molecule has 8 nitrogen and oxygen atoms in total. The third kappa shape index (κ3) is 2.64. The fraction of sp³-hybridized carbons (Fsp3) is 0.692. The van der Waals surface area contributed by atoms with Crippen molar-refractivity contribution in [1.82, 2.24) is 15.2 Å². The summed E-state index contributed by atoms with van der Waals surface area (Å²) in [7, 11) is -3.37. The van der Waals surface area contributed by atoms with Crippen LogP contribution in [0.15, 0.2) is 4.52 Å². The van der Waals surface area contributed by atoms with E-state index in [0.717, 1.165) is 12.7 Å². The predicted molar refractivity (Wildman–Crippen MR) is 76.8 cm³/mol. The van der Waals surface area contributed by atoms with Gasteiger partial charge in [-0.25, -0.2) is 13.1 Å². The molecule has 2 fully saturated rings. The molecule has 122 valence electrons. The Hall–Kier alpha value is -1.45. The van der Waals surface area contributed by atoms with Crippen LogP contribution in [-0.4, -0.2) is 50.5 Å². The van der Waals surface area contributed by atoms with Gasteiger partial charge in [0.1, 0.15) is 11.3 Å². The molecule has 1 aliphatic heterocycles. The number of ether oxygens (including phenoxy) is 1. The highest BCUT2D eigenvalue weighted by Crippen LogP contribution is 2.39. The second kappa shape index (κ2) is 5.32. The van der Waals surface area contributed by atoms with Gasteiger partial charge in [0.15, 0.2) is 0 Å². The molecule has 4 atom stereocenters. The summed E-state index contributed by atoms with van der Waals surface area (Å²) in [5.74, 6) is 0.275.